The molecule has 3 rings (SSSR count). The zero-order valence-electron chi connectivity index (χ0n) is 10.6. The Balaban J connectivity index is 1.59. The first-order valence-corrected chi connectivity index (χ1v) is 8.76. The highest BCUT2D eigenvalue weighted by Crippen LogP contribution is 2.38. The second-order valence-electron chi connectivity index (χ2n) is 4.64. The number of halogens is 1. The lowest BCUT2D eigenvalue weighted by Crippen LogP contribution is -2.09. The predicted molar refractivity (Wildman–Crippen MR) is 85.0 cm³/mol. The monoisotopic (exact) mass is 372 g/mol. The molecule has 2 aromatic heterocycles. The number of aromatic nitrogens is 1. The summed E-state index contributed by atoms with van der Waals surface area (Å²) in [5, 5.41) is 13.3. The van der Waals surface area contributed by atoms with Gasteiger partial charge in [-0.05, 0) is 47.3 Å². The number of aliphatic carboxylic acids is 1. The van der Waals surface area contributed by atoms with Crippen molar-refractivity contribution in [3.05, 3.63) is 31.4 Å². The molecule has 0 aromatic carbocycles. The zero-order valence-corrected chi connectivity index (χ0v) is 13.8. The Morgan fingerprint density at radius 3 is 3.05 bits per heavy atom. The van der Waals surface area contributed by atoms with E-state index in [-0.39, 0.29) is 0 Å². The van der Waals surface area contributed by atoms with Crippen molar-refractivity contribution in [1.29, 1.82) is 0 Å². The van der Waals surface area contributed by atoms with Gasteiger partial charge in [0.05, 0.1) is 9.48 Å². The Morgan fingerprint density at radius 2 is 2.35 bits per heavy atom. The van der Waals surface area contributed by atoms with Crippen LogP contribution < -0.4 is 5.32 Å². The number of fused-ring (bicyclic) bond motifs is 1. The van der Waals surface area contributed by atoms with Crippen LogP contribution in [0.2, 0.25) is 0 Å². The number of carbonyl (C=O) groups is 1. The van der Waals surface area contributed by atoms with Crippen LogP contribution in [0.3, 0.4) is 0 Å². The number of thiophene rings is 1. The van der Waals surface area contributed by atoms with E-state index in [1.807, 2.05) is 0 Å². The van der Waals surface area contributed by atoms with E-state index >= 15 is 0 Å². The second-order valence-corrected chi connectivity index (χ2v) is 8.27. The summed E-state index contributed by atoms with van der Waals surface area (Å²) < 4.78 is 1.14. The minimum absolute atomic E-state index is 0.412. The number of hydrogen-bond donors (Lipinski definition) is 2. The van der Waals surface area contributed by atoms with Crippen LogP contribution in [0.1, 0.15) is 27.8 Å². The van der Waals surface area contributed by atoms with Crippen molar-refractivity contribution in [3.8, 4) is 0 Å². The Kier molecular flexibility index (Phi) is 4.09. The normalized spacial score (nSPS) is 17.1. The molecule has 0 saturated carbocycles. The molecule has 2 aromatic rings. The van der Waals surface area contributed by atoms with Gasteiger partial charge in [-0.3, -0.25) is 4.79 Å². The van der Waals surface area contributed by atoms with E-state index in [4.69, 9.17) is 5.11 Å². The largest absolute Gasteiger partial charge is 0.481 e. The van der Waals surface area contributed by atoms with Crippen LogP contribution in [-0.2, 0) is 17.6 Å². The molecule has 2 heterocycles. The quantitative estimate of drug-likeness (QED) is 0.838. The molecule has 1 atom stereocenters. The van der Waals surface area contributed by atoms with Crippen molar-refractivity contribution in [1.82, 2.24) is 4.98 Å². The highest BCUT2D eigenvalue weighted by Gasteiger charge is 2.32. The third-order valence-corrected chi connectivity index (χ3v) is 6.06. The van der Waals surface area contributed by atoms with Crippen LogP contribution in [0.5, 0.6) is 0 Å². The molecule has 4 nitrogen and oxygen atoms in total. The van der Waals surface area contributed by atoms with Gasteiger partial charge in [-0.25, -0.2) is 4.98 Å². The average Bonchev–Trinajstić information content (AvgIpc) is 3.04. The number of hydrogen-bond acceptors (Lipinski definition) is 5. The Morgan fingerprint density at radius 1 is 1.50 bits per heavy atom. The zero-order chi connectivity index (χ0) is 14.1. The van der Waals surface area contributed by atoms with Crippen LogP contribution in [0.25, 0.3) is 0 Å². The number of carboxylic acid groups (broad SMARTS) is 1. The number of anilines is 1. The van der Waals surface area contributed by atoms with Crippen molar-refractivity contribution in [2.75, 3.05) is 11.9 Å². The van der Waals surface area contributed by atoms with Gasteiger partial charge in [-0.2, -0.15) is 0 Å². The van der Waals surface area contributed by atoms with E-state index < -0.39 is 11.9 Å². The first kappa shape index (κ1) is 14.0. The molecule has 0 bridgehead atoms. The van der Waals surface area contributed by atoms with Crippen LogP contribution in [0.4, 0.5) is 5.13 Å². The fraction of sp³-hybridized carbons (Fsp3) is 0.385. The molecular formula is C13H13BrN2O2S2. The summed E-state index contributed by atoms with van der Waals surface area (Å²) in [6, 6.07) is 4.16. The van der Waals surface area contributed by atoms with Gasteiger partial charge >= 0.3 is 5.97 Å². The van der Waals surface area contributed by atoms with E-state index in [9.17, 15) is 4.79 Å². The standard InChI is InChI=1S/C13H13BrN2O2S2/c14-10-4-1-7(19-10)5-6-15-13-16-11-8(12(17)18)2-3-9(11)20-13/h1,4,8H,2-3,5-6H2,(H,15,16)(H,17,18). The highest BCUT2D eigenvalue weighted by atomic mass is 79.9. The van der Waals surface area contributed by atoms with Crippen LogP contribution >= 0.6 is 38.6 Å². The number of carboxylic acids is 1. The molecule has 0 aliphatic heterocycles. The molecular weight excluding hydrogens is 360 g/mol. The van der Waals surface area contributed by atoms with E-state index in [0.717, 1.165) is 38.9 Å². The summed E-state index contributed by atoms with van der Waals surface area (Å²) >= 11 is 6.78. The topological polar surface area (TPSA) is 62.2 Å². The van der Waals surface area contributed by atoms with Crippen molar-refractivity contribution < 1.29 is 9.90 Å². The Hall–Kier alpha value is -0.920. The molecule has 106 valence electrons. The number of nitrogens with one attached hydrogen (secondary N) is 1. The number of nitrogens with zero attached hydrogens (tertiary/aromatic N) is 1. The van der Waals surface area contributed by atoms with Gasteiger partial charge in [0, 0.05) is 16.3 Å². The minimum atomic E-state index is -0.760. The fourth-order valence-corrected chi connectivity index (χ4v) is 4.87. The minimum Gasteiger partial charge on any atom is -0.481 e. The molecule has 0 saturated heterocycles. The number of thiazole rings is 1. The van der Waals surface area contributed by atoms with E-state index in [0.29, 0.717) is 6.42 Å². The molecule has 1 aliphatic rings. The van der Waals surface area contributed by atoms with Crippen molar-refractivity contribution in [3.63, 3.8) is 0 Å². The first-order chi connectivity index (χ1) is 9.63. The van der Waals surface area contributed by atoms with Gasteiger partial charge in [-0.1, -0.05) is 0 Å². The molecule has 7 heteroatoms. The third-order valence-electron chi connectivity index (χ3n) is 3.29. The molecule has 0 amide bonds. The van der Waals surface area contributed by atoms with Crippen LogP contribution in [-0.4, -0.2) is 22.6 Å². The van der Waals surface area contributed by atoms with Crippen LogP contribution in [0.15, 0.2) is 15.9 Å². The van der Waals surface area contributed by atoms with Crippen molar-refractivity contribution in [2.24, 2.45) is 0 Å². The number of aryl methyl sites for hydroxylation is 1. The Bertz CT molecular complexity index is 638. The van der Waals surface area contributed by atoms with Gasteiger partial charge in [0.1, 0.15) is 5.92 Å². The molecule has 0 radical (unpaired) electrons. The molecule has 1 aliphatic carbocycles. The maximum absolute atomic E-state index is 11.1. The summed E-state index contributed by atoms with van der Waals surface area (Å²) in [5.41, 5.74) is 0.767. The van der Waals surface area contributed by atoms with Gasteiger partial charge < -0.3 is 10.4 Å². The fourth-order valence-electron chi connectivity index (χ4n) is 2.32. The van der Waals surface area contributed by atoms with Crippen molar-refractivity contribution >= 4 is 49.7 Å². The molecule has 0 spiro atoms. The average molecular weight is 373 g/mol. The van der Waals surface area contributed by atoms with Gasteiger partial charge in [0.15, 0.2) is 5.13 Å². The van der Waals surface area contributed by atoms with Gasteiger partial charge in [-0.15, -0.1) is 22.7 Å². The lowest BCUT2D eigenvalue weighted by Gasteiger charge is -2.03. The van der Waals surface area contributed by atoms with E-state index in [1.165, 1.54) is 4.88 Å². The second kappa shape index (κ2) is 5.83. The maximum atomic E-state index is 11.1. The SMILES string of the molecule is O=C(O)C1CCc2sc(NCCc3ccc(Br)s3)nc21. The predicted octanol–water partition coefficient (Wildman–Crippen LogP) is 3.74. The van der Waals surface area contributed by atoms with Gasteiger partial charge in [0.2, 0.25) is 0 Å². The summed E-state index contributed by atoms with van der Waals surface area (Å²) in [6.07, 6.45) is 2.47. The van der Waals surface area contributed by atoms with E-state index in [1.54, 1.807) is 22.7 Å². The highest BCUT2D eigenvalue weighted by molar-refractivity contribution is 9.11. The lowest BCUT2D eigenvalue weighted by atomic mass is 10.1. The summed E-state index contributed by atoms with van der Waals surface area (Å²) in [5.74, 6) is -1.17. The maximum Gasteiger partial charge on any atom is 0.312 e. The van der Waals surface area contributed by atoms with Gasteiger partial charge in [0.25, 0.3) is 0 Å². The smallest absolute Gasteiger partial charge is 0.312 e. The third kappa shape index (κ3) is 2.89. The molecule has 20 heavy (non-hydrogen) atoms. The molecule has 2 N–H and O–H groups in total. The first-order valence-electron chi connectivity index (χ1n) is 6.34. The summed E-state index contributed by atoms with van der Waals surface area (Å²) in [7, 11) is 0. The summed E-state index contributed by atoms with van der Waals surface area (Å²) in [6.45, 7) is 0.817. The Labute approximate surface area is 133 Å². The number of rotatable bonds is 5. The lowest BCUT2D eigenvalue weighted by molar-refractivity contribution is -0.138. The molecule has 1 unspecified atom stereocenters. The summed E-state index contributed by atoms with van der Waals surface area (Å²) in [4.78, 5) is 18.0. The van der Waals surface area contributed by atoms with Crippen LogP contribution in [0, 0.1) is 0 Å². The molecule has 0 fully saturated rings. The van der Waals surface area contributed by atoms with Crippen molar-refractivity contribution in [2.45, 2.75) is 25.2 Å². The van der Waals surface area contributed by atoms with E-state index in [2.05, 4.69) is 38.4 Å².